The Labute approximate surface area is 169 Å². The first-order valence-electron chi connectivity index (χ1n) is 9.98. The third-order valence-corrected chi connectivity index (χ3v) is 5.51. The predicted octanol–water partition coefficient (Wildman–Crippen LogP) is 0.130. The standard InChI is InChI=1S/C20H28N6O3/c1-13(2)17(11-26-20(29)15-5-3-4-6-16(15)23-24-26)22-18(27)12-25-9-7-14(8-10-25)19(21)28/h3-6,13-14,17H,7-12H2,1-2H3,(H2,21,28)(H,22,27)/t17-/m1/s1. The molecule has 2 heterocycles. The van der Waals surface area contributed by atoms with Gasteiger partial charge in [-0.05, 0) is 44.0 Å². The Bertz CT molecular complexity index is 933. The van der Waals surface area contributed by atoms with E-state index < -0.39 is 0 Å². The van der Waals surface area contributed by atoms with Gasteiger partial charge in [0.15, 0.2) is 0 Å². The van der Waals surface area contributed by atoms with E-state index >= 15 is 0 Å². The second kappa shape index (κ2) is 9.13. The Hall–Kier alpha value is -2.81. The summed E-state index contributed by atoms with van der Waals surface area (Å²) in [4.78, 5) is 38.5. The molecular formula is C20H28N6O3. The lowest BCUT2D eigenvalue weighted by Crippen LogP contribution is -2.49. The third-order valence-electron chi connectivity index (χ3n) is 5.51. The van der Waals surface area contributed by atoms with Crippen LogP contribution in [0.2, 0.25) is 0 Å². The second-order valence-electron chi connectivity index (χ2n) is 7.96. The summed E-state index contributed by atoms with van der Waals surface area (Å²) in [5.41, 5.74) is 5.69. The number of hydrogen-bond acceptors (Lipinski definition) is 6. The Kier molecular flexibility index (Phi) is 6.58. The molecule has 0 unspecified atom stereocenters. The van der Waals surface area contributed by atoms with Gasteiger partial charge in [-0.2, -0.15) is 0 Å². The van der Waals surface area contributed by atoms with Gasteiger partial charge in [0.25, 0.3) is 5.56 Å². The van der Waals surface area contributed by atoms with E-state index in [2.05, 4.69) is 15.6 Å². The second-order valence-corrected chi connectivity index (χ2v) is 7.96. The Morgan fingerprint density at radius 1 is 1.24 bits per heavy atom. The topological polar surface area (TPSA) is 123 Å². The van der Waals surface area contributed by atoms with Crippen molar-refractivity contribution in [1.29, 1.82) is 0 Å². The lowest BCUT2D eigenvalue weighted by molar-refractivity contribution is -0.124. The van der Waals surface area contributed by atoms with Gasteiger partial charge in [-0.3, -0.25) is 19.3 Å². The summed E-state index contributed by atoms with van der Waals surface area (Å²) in [7, 11) is 0. The van der Waals surface area contributed by atoms with Crippen molar-refractivity contribution in [1.82, 2.24) is 25.2 Å². The third kappa shape index (κ3) is 5.17. The average molecular weight is 400 g/mol. The highest BCUT2D eigenvalue weighted by Gasteiger charge is 2.25. The summed E-state index contributed by atoms with van der Waals surface area (Å²) in [6.45, 7) is 5.83. The molecule has 1 saturated heterocycles. The van der Waals surface area contributed by atoms with Crippen molar-refractivity contribution in [2.24, 2.45) is 17.6 Å². The van der Waals surface area contributed by atoms with Crippen LogP contribution in [0, 0.1) is 11.8 Å². The molecular weight excluding hydrogens is 372 g/mol. The molecule has 1 atom stereocenters. The van der Waals surface area contributed by atoms with Crippen LogP contribution in [0.4, 0.5) is 0 Å². The number of fused-ring (bicyclic) bond motifs is 1. The number of carbonyl (C=O) groups excluding carboxylic acids is 2. The molecule has 1 aromatic heterocycles. The minimum absolute atomic E-state index is 0.101. The molecule has 1 aliphatic rings. The number of primary amides is 1. The fourth-order valence-corrected chi connectivity index (χ4v) is 3.58. The van der Waals surface area contributed by atoms with E-state index in [9.17, 15) is 14.4 Å². The van der Waals surface area contributed by atoms with E-state index in [1.165, 1.54) is 4.68 Å². The van der Waals surface area contributed by atoms with Gasteiger partial charge in [0.1, 0.15) is 5.52 Å². The molecule has 0 bridgehead atoms. The number of hydrogen-bond donors (Lipinski definition) is 2. The Balaban J connectivity index is 1.62. The van der Waals surface area contributed by atoms with Crippen molar-refractivity contribution in [2.75, 3.05) is 19.6 Å². The van der Waals surface area contributed by atoms with Crippen molar-refractivity contribution in [2.45, 2.75) is 39.3 Å². The number of likely N-dealkylation sites (tertiary alicyclic amines) is 1. The smallest absolute Gasteiger partial charge is 0.277 e. The van der Waals surface area contributed by atoms with Crippen molar-refractivity contribution in [3.05, 3.63) is 34.6 Å². The number of amides is 2. The van der Waals surface area contributed by atoms with Gasteiger partial charge < -0.3 is 11.1 Å². The van der Waals surface area contributed by atoms with Crippen LogP contribution in [0.25, 0.3) is 10.9 Å². The number of aromatic nitrogens is 3. The van der Waals surface area contributed by atoms with Crippen LogP contribution < -0.4 is 16.6 Å². The normalized spacial score (nSPS) is 16.8. The monoisotopic (exact) mass is 400 g/mol. The summed E-state index contributed by atoms with van der Waals surface area (Å²) in [5, 5.41) is 11.7. The number of nitrogens with zero attached hydrogens (tertiary/aromatic N) is 4. The van der Waals surface area contributed by atoms with Crippen molar-refractivity contribution in [3.63, 3.8) is 0 Å². The van der Waals surface area contributed by atoms with Gasteiger partial charge in [0.05, 0.1) is 24.5 Å². The van der Waals surface area contributed by atoms with E-state index in [-0.39, 0.29) is 48.3 Å². The Morgan fingerprint density at radius 2 is 1.93 bits per heavy atom. The molecule has 0 aliphatic carbocycles. The van der Waals surface area contributed by atoms with E-state index in [0.717, 1.165) is 0 Å². The van der Waals surface area contributed by atoms with Crippen LogP contribution in [0.3, 0.4) is 0 Å². The molecule has 1 fully saturated rings. The molecule has 0 radical (unpaired) electrons. The maximum absolute atomic E-state index is 12.7. The van der Waals surface area contributed by atoms with E-state index in [1.54, 1.807) is 18.2 Å². The number of carbonyl (C=O) groups is 2. The minimum Gasteiger partial charge on any atom is -0.369 e. The lowest BCUT2D eigenvalue weighted by atomic mass is 9.96. The number of nitrogens with one attached hydrogen (secondary N) is 1. The maximum atomic E-state index is 12.7. The number of rotatable bonds is 7. The largest absolute Gasteiger partial charge is 0.369 e. The molecule has 0 spiro atoms. The first kappa shape index (κ1) is 20.9. The summed E-state index contributed by atoms with van der Waals surface area (Å²) < 4.78 is 1.31. The quantitative estimate of drug-likeness (QED) is 0.681. The molecule has 0 saturated carbocycles. The number of benzene rings is 1. The highest BCUT2D eigenvalue weighted by molar-refractivity contribution is 5.79. The van der Waals surface area contributed by atoms with Crippen LogP contribution in [-0.4, -0.2) is 57.4 Å². The van der Waals surface area contributed by atoms with Crippen LogP contribution in [0.1, 0.15) is 26.7 Å². The molecule has 156 valence electrons. The summed E-state index contributed by atoms with van der Waals surface area (Å²) >= 11 is 0. The van der Waals surface area contributed by atoms with E-state index in [1.807, 2.05) is 24.8 Å². The van der Waals surface area contributed by atoms with Gasteiger partial charge >= 0.3 is 0 Å². The zero-order chi connectivity index (χ0) is 21.0. The van der Waals surface area contributed by atoms with Crippen molar-refractivity contribution < 1.29 is 9.59 Å². The van der Waals surface area contributed by atoms with Crippen molar-refractivity contribution >= 4 is 22.7 Å². The van der Waals surface area contributed by atoms with Crippen LogP contribution in [-0.2, 0) is 16.1 Å². The molecule has 1 aliphatic heterocycles. The van der Waals surface area contributed by atoms with Gasteiger partial charge in [-0.1, -0.05) is 31.2 Å². The van der Waals surface area contributed by atoms with E-state index in [4.69, 9.17) is 5.73 Å². The fourth-order valence-electron chi connectivity index (χ4n) is 3.58. The average Bonchev–Trinajstić information content (AvgIpc) is 2.70. The van der Waals surface area contributed by atoms with Gasteiger partial charge in [0, 0.05) is 5.92 Å². The molecule has 9 heteroatoms. The summed E-state index contributed by atoms with van der Waals surface area (Å²) in [6, 6.07) is 6.82. The zero-order valence-corrected chi connectivity index (χ0v) is 16.9. The van der Waals surface area contributed by atoms with Crippen molar-refractivity contribution in [3.8, 4) is 0 Å². The van der Waals surface area contributed by atoms with Gasteiger partial charge in [-0.15, -0.1) is 5.10 Å². The fraction of sp³-hybridized carbons (Fsp3) is 0.550. The van der Waals surface area contributed by atoms with E-state index in [0.29, 0.717) is 36.8 Å². The first-order valence-corrected chi connectivity index (χ1v) is 9.98. The highest BCUT2D eigenvalue weighted by Crippen LogP contribution is 2.16. The molecule has 2 amide bonds. The van der Waals surface area contributed by atoms with Gasteiger partial charge in [-0.25, -0.2) is 4.68 Å². The predicted molar refractivity (Wildman–Crippen MR) is 109 cm³/mol. The zero-order valence-electron chi connectivity index (χ0n) is 16.9. The SMILES string of the molecule is CC(C)[C@@H](Cn1nnc2ccccc2c1=O)NC(=O)CN1CCC(C(N)=O)CC1. The van der Waals surface area contributed by atoms with Crippen LogP contribution >= 0.6 is 0 Å². The molecule has 1 aromatic carbocycles. The lowest BCUT2D eigenvalue weighted by Gasteiger charge is -2.31. The molecule has 9 nitrogen and oxygen atoms in total. The first-order chi connectivity index (χ1) is 13.8. The van der Waals surface area contributed by atoms with Gasteiger partial charge in [0.2, 0.25) is 11.8 Å². The summed E-state index contributed by atoms with van der Waals surface area (Å²) in [5.74, 6) is -0.366. The molecule has 2 aromatic rings. The highest BCUT2D eigenvalue weighted by atomic mass is 16.2. The van der Waals surface area contributed by atoms with Crippen LogP contribution in [0.15, 0.2) is 29.1 Å². The number of piperidine rings is 1. The maximum Gasteiger partial charge on any atom is 0.277 e. The molecule has 29 heavy (non-hydrogen) atoms. The molecule has 3 N–H and O–H groups in total. The molecule has 3 rings (SSSR count). The minimum atomic E-state index is -0.268. The number of nitrogens with two attached hydrogens (primary N) is 1. The Morgan fingerprint density at radius 3 is 2.59 bits per heavy atom. The summed E-state index contributed by atoms with van der Waals surface area (Å²) in [6.07, 6.45) is 1.36. The van der Waals surface area contributed by atoms with Crippen LogP contribution in [0.5, 0.6) is 0 Å².